The molecule has 5 unspecified atom stereocenters. The van der Waals surface area contributed by atoms with Crippen molar-refractivity contribution in [2.24, 2.45) is 22.2 Å². The molecule has 3 aliphatic carbocycles. The molecule has 0 spiro atoms. The number of carbonyl (C=O) groups is 1. The molecule has 3 saturated carbocycles. The highest BCUT2D eigenvalue weighted by Crippen LogP contribution is 2.96. The summed E-state index contributed by atoms with van der Waals surface area (Å²) in [6.45, 7) is 8.92. The summed E-state index contributed by atoms with van der Waals surface area (Å²) in [5, 5.41) is 0. The van der Waals surface area contributed by atoms with Crippen molar-refractivity contribution in [1.29, 1.82) is 0 Å². The lowest BCUT2D eigenvalue weighted by Gasteiger charge is -2.41. The highest BCUT2D eigenvalue weighted by Gasteiger charge is 2.94. The highest BCUT2D eigenvalue weighted by molar-refractivity contribution is 5.68. The Morgan fingerprint density at radius 2 is 1.83 bits per heavy atom. The standard InChI is InChI=1S/C15H23NO2/c1-13-9-10-8-11(15(13,3)14(10,13)2)18-12(17)16-6-4-5-7-16/h10-11H,4-9H2,1-3H3. The van der Waals surface area contributed by atoms with Crippen molar-refractivity contribution in [3.8, 4) is 0 Å². The molecule has 18 heavy (non-hydrogen) atoms. The minimum absolute atomic E-state index is 0.0575. The number of fused-ring (bicyclic) bond motifs is 1. The van der Waals surface area contributed by atoms with Gasteiger partial charge in [0.1, 0.15) is 6.10 Å². The van der Waals surface area contributed by atoms with Crippen LogP contribution in [0.2, 0.25) is 0 Å². The molecule has 4 aliphatic rings. The average molecular weight is 249 g/mol. The highest BCUT2D eigenvalue weighted by atomic mass is 16.6. The average Bonchev–Trinajstić information content (AvgIpc) is 2.83. The predicted molar refractivity (Wildman–Crippen MR) is 68.1 cm³/mol. The zero-order chi connectivity index (χ0) is 12.8. The second-order valence-electron chi connectivity index (χ2n) is 7.44. The van der Waals surface area contributed by atoms with Gasteiger partial charge >= 0.3 is 6.09 Å². The molecule has 1 saturated heterocycles. The van der Waals surface area contributed by atoms with Crippen LogP contribution in [-0.4, -0.2) is 30.2 Å². The Kier molecular flexibility index (Phi) is 1.78. The first-order chi connectivity index (χ1) is 8.45. The molecule has 4 fully saturated rings. The summed E-state index contributed by atoms with van der Waals surface area (Å²) in [5.74, 6) is 0.795. The van der Waals surface area contributed by atoms with Crippen LogP contribution in [0.5, 0.6) is 0 Å². The van der Waals surface area contributed by atoms with Crippen molar-refractivity contribution in [1.82, 2.24) is 4.90 Å². The van der Waals surface area contributed by atoms with E-state index in [9.17, 15) is 4.79 Å². The van der Waals surface area contributed by atoms with E-state index in [-0.39, 0.29) is 17.6 Å². The van der Waals surface area contributed by atoms with Gasteiger partial charge in [0, 0.05) is 18.5 Å². The molecule has 0 aromatic rings. The third kappa shape index (κ3) is 0.856. The fraction of sp³-hybridized carbons (Fsp3) is 0.933. The minimum Gasteiger partial charge on any atom is -0.445 e. The Labute approximate surface area is 109 Å². The van der Waals surface area contributed by atoms with E-state index in [1.165, 1.54) is 6.42 Å². The monoisotopic (exact) mass is 249 g/mol. The normalized spacial score (nSPS) is 56.1. The van der Waals surface area contributed by atoms with Crippen LogP contribution >= 0.6 is 0 Å². The zero-order valence-electron chi connectivity index (χ0n) is 11.7. The molecule has 1 aliphatic heterocycles. The second-order valence-corrected chi connectivity index (χ2v) is 7.44. The summed E-state index contributed by atoms with van der Waals surface area (Å²) in [7, 11) is 0. The maximum absolute atomic E-state index is 12.1. The van der Waals surface area contributed by atoms with E-state index in [1.807, 2.05) is 4.90 Å². The molecule has 100 valence electrons. The molecular formula is C15H23NO2. The Morgan fingerprint density at radius 3 is 2.39 bits per heavy atom. The Balaban J connectivity index is 1.50. The van der Waals surface area contributed by atoms with Crippen LogP contribution in [0.25, 0.3) is 0 Å². The molecule has 5 atom stereocenters. The van der Waals surface area contributed by atoms with Gasteiger partial charge in [-0.05, 0) is 42.4 Å². The van der Waals surface area contributed by atoms with Gasteiger partial charge in [0.05, 0.1) is 0 Å². The first-order valence-corrected chi connectivity index (χ1v) is 7.41. The number of hydrogen-bond donors (Lipinski definition) is 0. The van der Waals surface area contributed by atoms with Gasteiger partial charge in [-0.25, -0.2) is 4.79 Å². The van der Waals surface area contributed by atoms with E-state index in [1.54, 1.807) is 0 Å². The first kappa shape index (κ1) is 11.1. The van der Waals surface area contributed by atoms with Crippen molar-refractivity contribution in [2.75, 3.05) is 13.1 Å². The summed E-state index contributed by atoms with van der Waals surface area (Å²) < 4.78 is 5.87. The van der Waals surface area contributed by atoms with Crippen LogP contribution in [-0.2, 0) is 4.74 Å². The Morgan fingerprint density at radius 1 is 1.17 bits per heavy atom. The van der Waals surface area contributed by atoms with Gasteiger partial charge in [0.25, 0.3) is 0 Å². The van der Waals surface area contributed by atoms with Crippen molar-refractivity contribution in [3.05, 3.63) is 0 Å². The lowest BCUT2D eigenvalue weighted by Crippen LogP contribution is -2.40. The van der Waals surface area contributed by atoms with Gasteiger partial charge in [-0.3, -0.25) is 0 Å². The van der Waals surface area contributed by atoms with Gasteiger partial charge in [-0.15, -0.1) is 0 Å². The fourth-order valence-electron chi connectivity index (χ4n) is 5.92. The van der Waals surface area contributed by atoms with E-state index < -0.39 is 0 Å². The van der Waals surface area contributed by atoms with Crippen LogP contribution < -0.4 is 0 Å². The van der Waals surface area contributed by atoms with Crippen molar-refractivity contribution in [2.45, 2.75) is 52.6 Å². The van der Waals surface area contributed by atoms with Crippen LogP contribution in [0.4, 0.5) is 4.79 Å². The van der Waals surface area contributed by atoms with Gasteiger partial charge in [0.2, 0.25) is 0 Å². The molecule has 0 aromatic carbocycles. The molecule has 0 radical (unpaired) electrons. The molecule has 0 bridgehead atoms. The Bertz CT molecular complexity index is 430. The number of ether oxygens (including phenoxy) is 1. The molecule has 0 N–H and O–H groups in total. The van der Waals surface area contributed by atoms with Crippen molar-refractivity contribution < 1.29 is 9.53 Å². The van der Waals surface area contributed by atoms with Crippen molar-refractivity contribution in [3.63, 3.8) is 0 Å². The quantitative estimate of drug-likeness (QED) is 0.715. The lowest BCUT2D eigenvalue weighted by atomic mass is 9.64. The first-order valence-electron chi connectivity index (χ1n) is 7.41. The number of amides is 1. The van der Waals surface area contributed by atoms with Crippen LogP contribution in [0.15, 0.2) is 0 Å². The second kappa shape index (κ2) is 2.88. The third-order valence-electron chi connectivity index (χ3n) is 7.53. The van der Waals surface area contributed by atoms with Gasteiger partial charge < -0.3 is 9.64 Å². The summed E-state index contributed by atoms with van der Waals surface area (Å²) in [6, 6.07) is 0. The molecule has 0 aromatic heterocycles. The van der Waals surface area contributed by atoms with E-state index in [2.05, 4.69) is 20.8 Å². The molecule has 3 heteroatoms. The SMILES string of the molecule is CC12CC3CC(OC(=O)N4CCCC4)C1(C)C32C. The van der Waals surface area contributed by atoms with E-state index >= 15 is 0 Å². The number of rotatable bonds is 1. The molecule has 4 rings (SSSR count). The lowest BCUT2D eigenvalue weighted by molar-refractivity contribution is -0.00657. The Hall–Kier alpha value is -0.730. The largest absolute Gasteiger partial charge is 0.445 e. The maximum atomic E-state index is 12.1. The molecule has 3 nitrogen and oxygen atoms in total. The van der Waals surface area contributed by atoms with E-state index in [4.69, 9.17) is 4.74 Å². The number of nitrogens with zero attached hydrogens (tertiary/aromatic N) is 1. The molecular weight excluding hydrogens is 226 g/mol. The van der Waals surface area contributed by atoms with E-state index in [0.717, 1.165) is 38.3 Å². The summed E-state index contributed by atoms with van der Waals surface area (Å²) >= 11 is 0. The third-order valence-corrected chi connectivity index (χ3v) is 7.53. The van der Waals surface area contributed by atoms with Gasteiger partial charge in [0.15, 0.2) is 0 Å². The van der Waals surface area contributed by atoms with Gasteiger partial charge in [-0.1, -0.05) is 20.8 Å². The number of likely N-dealkylation sites (tertiary alicyclic amines) is 1. The predicted octanol–water partition coefficient (Wildman–Crippen LogP) is 3.04. The van der Waals surface area contributed by atoms with Crippen LogP contribution in [0, 0.1) is 22.2 Å². The fourth-order valence-corrected chi connectivity index (χ4v) is 5.92. The van der Waals surface area contributed by atoms with Crippen LogP contribution in [0.1, 0.15) is 46.5 Å². The van der Waals surface area contributed by atoms with Crippen molar-refractivity contribution >= 4 is 6.09 Å². The van der Waals surface area contributed by atoms with Crippen LogP contribution in [0.3, 0.4) is 0 Å². The summed E-state index contributed by atoms with van der Waals surface area (Å²) in [4.78, 5) is 14.0. The number of hydrogen-bond acceptors (Lipinski definition) is 2. The minimum atomic E-state index is -0.0575. The number of carbonyl (C=O) groups excluding carboxylic acids is 1. The maximum Gasteiger partial charge on any atom is 0.410 e. The topological polar surface area (TPSA) is 29.5 Å². The van der Waals surface area contributed by atoms with E-state index in [0.29, 0.717) is 10.8 Å². The molecule has 1 heterocycles. The molecule has 1 amide bonds. The smallest absolute Gasteiger partial charge is 0.410 e. The summed E-state index contributed by atoms with van der Waals surface area (Å²) in [6.07, 6.45) is 4.82. The van der Waals surface area contributed by atoms with Gasteiger partial charge in [-0.2, -0.15) is 0 Å². The summed E-state index contributed by atoms with van der Waals surface area (Å²) in [5.41, 5.74) is 1.15. The zero-order valence-corrected chi connectivity index (χ0v) is 11.7.